The number of piperazine rings is 1. The molecule has 0 bridgehead atoms. The van der Waals surface area contributed by atoms with Gasteiger partial charge < -0.3 is 9.80 Å². The molecule has 5 rings (SSSR count). The van der Waals surface area contributed by atoms with Crippen molar-refractivity contribution in [2.45, 2.75) is 55.5 Å². The third-order valence-corrected chi connectivity index (χ3v) is 9.39. The van der Waals surface area contributed by atoms with E-state index in [0.717, 1.165) is 49.6 Å². The molecule has 0 aromatic heterocycles. The first-order chi connectivity index (χ1) is 17.4. The van der Waals surface area contributed by atoms with Gasteiger partial charge in [-0.15, -0.1) is 0 Å². The lowest BCUT2D eigenvalue weighted by Gasteiger charge is -2.39. The van der Waals surface area contributed by atoms with Gasteiger partial charge in [-0.05, 0) is 62.1 Å². The Balaban J connectivity index is 1.19. The maximum atomic E-state index is 13.5. The van der Waals surface area contributed by atoms with Crippen molar-refractivity contribution in [1.29, 1.82) is 0 Å². The highest BCUT2D eigenvalue weighted by Gasteiger charge is 2.31. The molecule has 0 unspecified atom stereocenters. The predicted octanol–water partition coefficient (Wildman–Crippen LogP) is 3.47. The number of benzene rings is 2. The van der Waals surface area contributed by atoms with E-state index in [1.807, 2.05) is 29.2 Å². The summed E-state index contributed by atoms with van der Waals surface area (Å²) in [4.78, 5) is 20.3. The number of piperidine rings is 1. The zero-order valence-corrected chi connectivity index (χ0v) is 21.4. The molecule has 194 valence electrons. The van der Waals surface area contributed by atoms with Crippen molar-refractivity contribution < 1.29 is 17.6 Å². The molecule has 9 heteroatoms. The van der Waals surface area contributed by atoms with Crippen LogP contribution in [0.15, 0.2) is 53.4 Å². The van der Waals surface area contributed by atoms with Crippen molar-refractivity contribution in [2.75, 3.05) is 44.2 Å². The van der Waals surface area contributed by atoms with Gasteiger partial charge in [0.05, 0.1) is 10.5 Å². The van der Waals surface area contributed by atoms with Crippen LogP contribution in [0.4, 0.5) is 10.1 Å². The van der Waals surface area contributed by atoms with Gasteiger partial charge >= 0.3 is 0 Å². The average Bonchev–Trinajstić information content (AvgIpc) is 3.44. The van der Waals surface area contributed by atoms with Crippen LogP contribution in [0, 0.1) is 5.82 Å². The number of nitrogens with one attached hydrogen (secondary N) is 1. The van der Waals surface area contributed by atoms with Gasteiger partial charge in [0.25, 0.3) is 5.91 Å². The molecule has 1 saturated carbocycles. The number of hydrogen-bond acceptors (Lipinski definition) is 5. The van der Waals surface area contributed by atoms with E-state index in [-0.39, 0.29) is 16.8 Å². The first kappa shape index (κ1) is 25.2. The van der Waals surface area contributed by atoms with Crippen LogP contribution in [0.1, 0.15) is 48.9 Å². The summed E-state index contributed by atoms with van der Waals surface area (Å²) in [5.74, 6) is -0.387. The van der Waals surface area contributed by atoms with Crippen LogP contribution in [0.25, 0.3) is 0 Å². The fourth-order valence-electron chi connectivity index (χ4n) is 5.80. The second-order valence-electron chi connectivity index (χ2n) is 10.1. The molecule has 0 atom stereocenters. The molecular formula is C27H35FN4O3S. The molecule has 2 heterocycles. The highest BCUT2D eigenvalue weighted by molar-refractivity contribution is 7.89. The summed E-state index contributed by atoms with van der Waals surface area (Å²) >= 11 is 0. The molecule has 2 aromatic rings. The lowest BCUT2D eigenvalue weighted by atomic mass is 10.0. The molecule has 3 aliphatic rings. The van der Waals surface area contributed by atoms with Gasteiger partial charge in [-0.3, -0.25) is 9.69 Å². The van der Waals surface area contributed by atoms with Gasteiger partial charge in [-0.25, -0.2) is 17.5 Å². The smallest absolute Gasteiger partial charge is 0.256 e. The monoisotopic (exact) mass is 514 g/mol. The Kier molecular flexibility index (Phi) is 7.60. The van der Waals surface area contributed by atoms with E-state index in [1.165, 1.54) is 37.8 Å². The molecule has 1 amide bonds. The van der Waals surface area contributed by atoms with Crippen molar-refractivity contribution >= 4 is 21.6 Å². The molecule has 1 aliphatic carbocycles. The Morgan fingerprint density at radius 1 is 0.833 bits per heavy atom. The van der Waals surface area contributed by atoms with Gasteiger partial charge in [0.1, 0.15) is 5.82 Å². The van der Waals surface area contributed by atoms with Crippen molar-refractivity contribution in [2.24, 2.45) is 0 Å². The normalized spacial score (nSPS) is 20.7. The number of anilines is 1. The SMILES string of the molecule is O=C(c1ccccc1N1CCC(NS(=O)(=O)c2ccc(F)cc2)CC1)N1CCN(C2CCCC2)CC1. The van der Waals surface area contributed by atoms with Crippen molar-refractivity contribution in [1.82, 2.24) is 14.5 Å². The Hall–Kier alpha value is -2.49. The van der Waals surface area contributed by atoms with Crippen LogP contribution in [0.5, 0.6) is 0 Å². The highest BCUT2D eigenvalue weighted by atomic mass is 32.2. The topological polar surface area (TPSA) is 73.0 Å². The zero-order chi connectivity index (χ0) is 25.1. The summed E-state index contributed by atoms with van der Waals surface area (Å²) < 4.78 is 41.3. The number of amides is 1. The third-order valence-electron chi connectivity index (χ3n) is 7.86. The van der Waals surface area contributed by atoms with E-state index < -0.39 is 15.8 Å². The van der Waals surface area contributed by atoms with Gasteiger partial charge in [0.15, 0.2) is 0 Å². The Morgan fingerprint density at radius 2 is 1.47 bits per heavy atom. The number of rotatable bonds is 6. The molecule has 2 aromatic carbocycles. The number of sulfonamides is 1. The van der Waals surface area contributed by atoms with Crippen molar-refractivity contribution in [3.05, 3.63) is 59.9 Å². The summed E-state index contributed by atoms with van der Waals surface area (Å²) in [6, 6.07) is 13.1. The third kappa shape index (κ3) is 5.58. The molecule has 7 nitrogen and oxygen atoms in total. The lowest BCUT2D eigenvalue weighted by molar-refractivity contribution is 0.0574. The summed E-state index contributed by atoms with van der Waals surface area (Å²) in [6.07, 6.45) is 6.47. The molecule has 2 aliphatic heterocycles. The predicted molar refractivity (Wildman–Crippen MR) is 138 cm³/mol. The number of nitrogens with zero attached hydrogens (tertiary/aromatic N) is 3. The van der Waals surface area contributed by atoms with Gasteiger partial charge in [-0.2, -0.15) is 0 Å². The first-order valence-electron chi connectivity index (χ1n) is 13.1. The summed E-state index contributed by atoms with van der Waals surface area (Å²) in [6.45, 7) is 4.71. The van der Waals surface area contributed by atoms with E-state index in [0.29, 0.717) is 32.0 Å². The van der Waals surface area contributed by atoms with Gasteiger partial charge in [0, 0.05) is 57.0 Å². The second-order valence-corrected chi connectivity index (χ2v) is 11.8. The molecule has 0 spiro atoms. The number of halogens is 1. The second kappa shape index (κ2) is 10.9. The Morgan fingerprint density at radius 3 is 2.14 bits per heavy atom. The van der Waals surface area contributed by atoms with Crippen molar-refractivity contribution in [3.63, 3.8) is 0 Å². The van der Waals surface area contributed by atoms with Crippen LogP contribution >= 0.6 is 0 Å². The zero-order valence-electron chi connectivity index (χ0n) is 20.6. The molecule has 3 fully saturated rings. The van der Waals surface area contributed by atoms with Gasteiger partial charge in [-0.1, -0.05) is 25.0 Å². The van der Waals surface area contributed by atoms with E-state index in [9.17, 15) is 17.6 Å². The fraction of sp³-hybridized carbons (Fsp3) is 0.519. The van der Waals surface area contributed by atoms with E-state index in [4.69, 9.17) is 0 Å². The van der Waals surface area contributed by atoms with Crippen molar-refractivity contribution in [3.8, 4) is 0 Å². The molecule has 2 saturated heterocycles. The lowest BCUT2D eigenvalue weighted by Crippen LogP contribution is -2.51. The van der Waals surface area contributed by atoms with Crippen LogP contribution in [0.2, 0.25) is 0 Å². The fourth-order valence-corrected chi connectivity index (χ4v) is 7.10. The summed E-state index contributed by atoms with van der Waals surface area (Å²) in [5, 5.41) is 0. The van der Waals surface area contributed by atoms with E-state index in [1.54, 1.807) is 0 Å². The standard InChI is InChI=1S/C27H35FN4O3S/c28-21-9-11-24(12-10-21)36(34,35)29-22-13-15-31(16-14-22)26-8-4-3-7-25(26)27(33)32-19-17-30(18-20-32)23-5-1-2-6-23/h3-4,7-12,22-23,29H,1-2,5-6,13-20H2. The quantitative estimate of drug-likeness (QED) is 0.639. The van der Waals surface area contributed by atoms with Crippen LogP contribution < -0.4 is 9.62 Å². The molecule has 0 radical (unpaired) electrons. The number of para-hydroxylation sites is 1. The first-order valence-corrected chi connectivity index (χ1v) is 14.5. The molecule has 1 N–H and O–H groups in total. The van der Waals surface area contributed by atoms with E-state index in [2.05, 4.69) is 14.5 Å². The maximum Gasteiger partial charge on any atom is 0.256 e. The number of carbonyl (C=O) groups is 1. The number of hydrogen-bond donors (Lipinski definition) is 1. The minimum absolute atomic E-state index is 0.0651. The highest BCUT2D eigenvalue weighted by Crippen LogP contribution is 2.28. The summed E-state index contributed by atoms with van der Waals surface area (Å²) in [5.41, 5.74) is 1.64. The largest absolute Gasteiger partial charge is 0.371 e. The van der Waals surface area contributed by atoms with E-state index >= 15 is 0 Å². The summed E-state index contributed by atoms with van der Waals surface area (Å²) in [7, 11) is -3.71. The average molecular weight is 515 g/mol. The van der Waals surface area contributed by atoms with Crippen LogP contribution in [0.3, 0.4) is 0 Å². The van der Waals surface area contributed by atoms with Crippen LogP contribution in [-0.2, 0) is 10.0 Å². The number of carbonyl (C=O) groups excluding carboxylic acids is 1. The Labute approximate surface area is 213 Å². The molecule has 36 heavy (non-hydrogen) atoms. The van der Waals surface area contributed by atoms with Crippen LogP contribution in [-0.4, -0.2) is 75.5 Å². The molecular weight excluding hydrogens is 479 g/mol. The Bertz CT molecular complexity index is 1150. The minimum atomic E-state index is -3.71. The van der Waals surface area contributed by atoms with Gasteiger partial charge in [0.2, 0.25) is 10.0 Å². The minimum Gasteiger partial charge on any atom is -0.371 e. The maximum absolute atomic E-state index is 13.5.